The van der Waals surface area contributed by atoms with E-state index in [2.05, 4.69) is 20.3 Å². The van der Waals surface area contributed by atoms with Gasteiger partial charge in [-0.1, -0.05) is 13.8 Å². The van der Waals surface area contributed by atoms with E-state index in [0.717, 1.165) is 18.9 Å². The summed E-state index contributed by atoms with van der Waals surface area (Å²) in [6.45, 7) is 5.80. The van der Waals surface area contributed by atoms with Crippen molar-refractivity contribution in [3.63, 3.8) is 0 Å². The molecule has 0 atom stereocenters. The number of hydrogen-bond acceptors (Lipinski definition) is 6. The van der Waals surface area contributed by atoms with Crippen LogP contribution in [0.3, 0.4) is 0 Å². The Kier molecular flexibility index (Phi) is 5.89. The number of methoxy groups -OCH3 is 1. The Balaban J connectivity index is 2.48. The molecule has 26 heavy (non-hydrogen) atoms. The van der Waals surface area contributed by atoms with Crippen LogP contribution in [0.15, 0.2) is 12.1 Å². The van der Waals surface area contributed by atoms with Gasteiger partial charge < -0.3 is 15.8 Å². The fourth-order valence-electron chi connectivity index (χ4n) is 2.51. The Bertz CT molecular complexity index is 776. The van der Waals surface area contributed by atoms with Gasteiger partial charge in [0.15, 0.2) is 11.6 Å². The van der Waals surface area contributed by atoms with Crippen molar-refractivity contribution in [1.29, 1.82) is 0 Å². The molecule has 142 valence electrons. The number of rotatable bonds is 6. The fraction of sp³-hybridized carbons (Fsp3) is 0.471. The van der Waals surface area contributed by atoms with Gasteiger partial charge in [0.2, 0.25) is 5.88 Å². The molecule has 0 aliphatic heterocycles. The standard InChI is InChI=1S/C17H22F3N5O/c1-5-10(6-2)23-15-14(21)25-13(9(3)22-15)11-7-8-12(17(18,19)20)24-16(11)26-4/h7-8,10H,5-6H2,1-4H3,(H2,21,25)(H,22,23). The van der Waals surface area contributed by atoms with Gasteiger partial charge >= 0.3 is 6.18 Å². The quantitative estimate of drug-likeness (QED) is 0.799. The van der Waals surface area contributed by atoms with E-state index in [0.29, 0.717) is 22.8 Å². The molecule has 0 saturated carbocycles. The van der Waals surface area contributed by atoms with Crippen LogP contribution in [-0.2, 0) is 6.18 Å². The highest BCUT2D eigenvalue weighted by molar-refractivity contribution is 5.71. The van der Waals surface area contributed by atoms with Gasteiger partial charge in [0.1, 0.15) is 5.69 Å². The van der Waals surface area contributed by atoms with Gasteiger partial charge in [0, 0.05) is 6.04 Å². The number of ether oxygens (including phenoxy) is 1. The maximum Gasteiger partial charge on any atom is 0.433 e. The zero-order chi connectivity index (χ0) is 19.5. The number of nitrogens with two attached hydrogens (primary N) is 1. The van der Waals surface area contributed by atoms with E-state index in [1.165, 1.54) is 13.2 Å². The van der Waals surface area contributed by atoms with Gasteiger partial charge in [0.05, 0.1) is 24.1 Å². The molecule has 0 fully saturated rings. The minimum atomic E-state index is -4.56. The number of nitrogen functional groups attached to an aromatic ring is 1. The Morgan fingerprint density at radius 2 is 1.81 bits per heavy atom. The predicted octanol–water partition coefficient (Wildman–Crippen LogP) is 4.06. The zero-order valence-electron chi connectivity index (χ0n) is 15.1. The van der Waals surface area contributed by atoms with Gasteiger partial charge in [-0.2, -0.15) is 13.2 Å². The van der Waals surface area contributed by atoms with Crippen LogP contribution in [0.25, 0.3) is 11.3 Å². The predicted molar refractivity (Wildman–Crippen MR) is 94.0 cm³/mol. The minimum Gasteiger partial charge on any atom is -0.480 e. The minimum absolute atomic E-state index is 0.166. The van der Waals surface area contributed by atoms with Gasteiger partial charge in [-0.15, -0.1) is 0 Å². The van der Waals surface area contributed by atoms with E-state index in [1.54, 1.807) is 6.92 Å². The van der Waals surface area contributed by atoms with Crippen molar-refractivity contribution in [2.75, 3.05) is 18.2 Å². The molecular weight excluding hydrogens is 347 g/mol. The van der Waals surface area contributed by atoms with Crippen LogP contribution < -0.4 is 15.8 Å². The molecule has 0 aliphatic rings. The summed E-state index contributed by atoms with van der Waals surface area (Å²) in [6.07, 6.45) is -2.77. The molecule has 0 radical (unpaired) electrons. The second kappa shape index (κ2) is 7.76. The summed E-state index contributed by atoms with van der Waals surface area (Å²) in [6, 6.07) is 2.35. The number of halogens is 3. The molecule has 9 heteroatoms. The van der Waals surface area contributed by atoms with Gasteiger partial charge in [-0.05, 0) is 31.9 Å². The van der Waals surface area contributed by atoms with E-state index in [9.17, 15) is 13.2 Å². The monoisotopic (exact) mass is 369 g/mol. The summed E-state index contributed by atoms with van der Waals surface area (Å²) >= 11 is 0. The van der Waals surface area contributed by atoms with Crippen molar-refractivity contribution in [1.82, 2.24) is 15.0 Å². The van der Waals surface area contributed by atoms with E-state index in [4.69, 9.17) is 10.5 Å². The smallest absolute Gasteiger partial charge is 0.433 e. The summed E-state index contributed by atoms with van der Waals surface area (Å²) in [7, 11) is 1.25. The first-order valence-electron chi connectivity index (χ1n) is 8.24. The topological polar surface area (TPSA) is 86.0 Å². The second-order valence-corrected chi connectivity index (χ2v) is 5.80. The molecule has 3 N–H and O–H groups in total. The summed E-state index contributed by atoms with van der Waals surface area (Å²) in [5.74, 6) is 0.440. The fourth-order valence-corrected chi connectivity index (χ4v) is 2.51. The van der Waals surface area contributed by atoms with Gasteiger partial charge in [-0.3, -0.25) is 0 Å². The third kappa shape index (κ3) is 4.14. The molecule has 2 aromatic heterocycles. The molecule has 2 rings (SSSR count). The van der Waals surface area contributed by atoms with Crippen LogP contribution >= 0.6 is 0 Å². The van der Waals surface area contributed by atoms with Crippen LogP contribution in [0.2, 0.25) is 0 Å². The summed E-state index contributed by atoms with van der Waals surface area (Å²) in [4.78, 5) is 12.3. The number of anilines is 2. The lowest BCUT2D eigenvalue weighted by Gasteiger charge is -2.18. The van der Waals surface area contributed by atoms with Crippen LogP contribution in [0, 0.1) is 6.92 Å². The van der Waals surface area contributed by atoms with E-state index >= 15 is 0 Å². The van der Waals surface area contributed by atoms with Crippen LogP contribution in [0.5, 0.6) is 5.88 Å². The number of aromatic nitrogens is 3. The maximum absolute atomic E-state index is 12.8. The van der Waals surface area contributed by atoms with Crippen LogP contribution in [0.4, 0.5) is 24.8 Å². The van der Waals surface area contributed by atoms with Crippen molar-refractivity contribution in [3.05, 3.63) is 23.5 Å². The Morgan fingerprint density at radius 3 is 2.35 bits per heavy atom. The van der Waals surface area contributed by atoms with E-state index in [1.807, 2.05) is 13.8 Å². The molecule has 6 nitrogen and oxygen atoms in total. The average molecular weight is 369 g/mol. The first-order valence-corrected chi connectivity index (χ1v) is 8.24. The number of nitrogens with one attached hydrogen (secondary N) is 1. The van der Waals surface area contributed by atoms with Crippen molar-refractivity contribution in [2.24, 2.45) is 0 Å². The maximum atomic E-state index is 12.8. The highest BCUT2D eigenvalue weighted by Crippen LogP contribution is 2.35. The molecule has 0 saturated heterocycles. The third-order valence-electron chi connectivity index (χ3n) is 4.02. The lowest BCUT2D eigenvalue weighted by atomic mass is 10.1. The van der Waals surface area contributed by atoms with Crippen molar-refractivity contribution >= 4 is 11.6 Å². The number of aryl methyl sites for hydroxylation is 1. The van der Waals surface area contributed by atoms with Crippen LogP contribution in [0.1, 0.15) is 38.1 Å². The molecule has 0 aromatic carbocycles. The number of pyridine rings is 1. The molecule has 0 spiro atoms. The molecule has 0 bridgehead atoms. The average Bonchev–Trinajstić information content (AvgIpc) is 2.60. The highest BCUT2D eigenvalue weighted by atomic mass is 19.4. The molecular formula is C17H22F3N5O. The van der Waals surface area contributed by atoms with Crippen molar-refractivity contribution < 1.29 is 17.9 Å². The Hall–Kier alpha value is -2.58. The van der Waals surface area contributed by atoms with Crippen molar-refractivity contribution in [2.45, 2.75) is 45.8 Å². The zero-order valence-corrected chi connectivity index (χ0v) is 15.1. The number of alkyl halides is 3. The largest absolute Gasteiger partial charge is 0.480 e. The molecule has 2 aromatic rings. The first kappa shape index (κ1) is 19.7. The SMILES string of the molecule is CCC(CC)Nc1nc(C)c(-c2ccc(C(F)(F)F)nc2OC)nc1N. The normalized spacial score (nSPS) is 11.7. The second-order valence-electron chi connectivity index (χ2n) is 5.80. The van der Waals surface area contributed by atoms with Gasteiger partial charge in [0.25, 0.3) is 0 Å². The molecule has 0 amide bonds. The molecule has 2 heterocycles. The number of hydrogen-bond donors (Lipinski definition) is 2. The van der Waals surface area contributed by atoms with E-state index in [-0.39, 0.29) is 17.7 Å². The summed E-state index contributed by atoms with van der Waals surface area (Å²) < 4.78 is 43.6. The van der Waals surface area contributed by atoms with Crippen molar-refractivity contribution in [3.8, 4) is 17.1 Å². The van der Waals surface area contributed by atoms with E-state index < -0.39 is 11.9 Å². The lowest BCUT2D eigenvalue weighted by molar-refractivity contribution is -0.141. The Morgan fingerprint density at radius 1 is 1.15 bits per heavy atom. The Labute approximate surface area is 150 Å². The molecule has 0 aliphatic carbocycles. The number of nitrogens with zero attached hydrogens (tertiary/aromatic N) is 3. The first-order chi connectivity index (χ1) is 12.2. The third-order valence-corrected chi connectivity index (χ3v) is 4.02. The van der Waals surface area contributed by atoms with Gasteiger partial charge in [-0.25, -0.2) is 15.0 Å². The highest BCUT2D eigenvalue weighted by Gasteiger charge is 2.33. The summed E-state index contributed by atoms with van der Waals surface area (Å²) in [5, 5.41) is 3.23. The summed E-state index contributed by atoms with van der Waals surface area (Å²) in [5.41, 5.74) is 6.09. The molecule has 0 unspecified atom stereocenters. The van der Waals surface area contributed by atoms with Crippen LogP contribution in [-0.4, -0.2) is 28.1 Å². The lowest BCUT2D eigenvalue weighted by Crippen LogP contribution is -2.20.